The molecule has 0 spiro atoms. The second-order valence-electron chi connectivity index (χ2n) is 6.20. The molecule has 1 aliphatic heterocycles. The molecule has 0 saturated carbocycles. The van der Waals surface area contributed by atoms with Crippen LogP contribution >= 0.6 is 0 Å². The number of nitrogens with zero attached hydrogens (tertiary/aromatic N) is 3. The Bertz CT molecular complexity index is 762. The molecule has 6 nitrogen and oxygen atoms in total. The van der Waals surface area contributed by atoms with Crippen LogP contribution in [0.25, 0.3) is 11.0 Å². The fourth-order valence-corrected chi connectivity index (χ4v) is 3.38. The van der Waals surface area contributed by atoms with Crippen molar-refractivity contribution < 1.29 is 4.79 Å². The van der Waals surface area contributed by atoms with Gasteiger partial charge in [0.2, 0.25) is 5.91 Å². The minimum atomic E-state index is -0.0641. The van der Waals surface area contributed by atoms with Crippen LogP contribution in [-0.2, 0) is 18.4 Å². The number of likely N-dealkylation sites (N-methyl/N-ethyl adjacent to an activating group) is 1. The molecule has 124 valence electrons. The molecule has 1 N–H and O–H groups in total. The summed E-state index contributed by atoms with van der Waals surface area (Å²) in [5.74, 6) is 0.129. The zero-order valence-corrected chi connectivity index (χ0v) is 13.8. The summed E-state index contributed by atoms with van der Waals surface area (Å²) in [6.45, 7) is 2.01. The first-order valence-electron chi connectivity index (χ1n) is 8.21. The summed E-state index contributed by atoms with van der Waals surface area (Å²) in [6, 6.07) is 8.08. The van der Waals surface area contributed by atoms with Crippen molar-refractivity contribution in [3.63, 3.8) is 0 Å². The number of hydrogen-bond donors (Lipinski definition) is 1. The van der Waals surface area contributed by atoms with E-state index in [0.717, 1.165) is 37.0 Å². The Morgan fingerprint density at radius 1 is 1.30 bits per heavy atom. The monoisotopic (exact) mass is 316 g/mol. The van der Waals surface area contributed by atoms with E-state index < -0.39 is 0 Å². The Morgan fingerprint density at radius 2 is 2.04 bits per heavy atom. The van der Waals surface area contributed by atoms with Crippen LogP contribution in [0.1, 0.15) is 19.3 Å². The van der Waals surface area contributed by atoms with E-state index in [-0.39, 0.29) is 11.6 Å². The number of carbonyl (C=O) groups excluding carboxylic acids is 1. The molecule has 0 radical (unpaired) electrons. The first-order valence-corrected chi connectivity index (χ1v) is 8.21. The Hall–Kier alpha value is -2.08. The van der Waals surface area contributed by atoms with Crippen molar-refractivity contribution in [2.45, 2.75) is 31.8 Å². The highest BCUT2D eigenvalue weighted by Crippen LogP contribution is 2.14. The van der Waals surface area contributed by atoms with Crippen molar-refractivity contribution in [2.24, 2.45) is 7.05 Å². The van der Waals surface area contributed by atoms with Gasteiger partial charge in [0, 0.05) is 39.1 Å². The van der Waals surface area contributed by atoms with Gasteiger partial charge in [0.15, 0.2) is 0 Å². The largest absolute Gasteiger partial charge is 0.341 e. The van der Waals surface area contributed by atoms with Crippen LogP contribution < -0.4 is 11.0 Å². The van der Waals surface area contributed by atoms with E-state index in [2.05, 4.69) is 5.32 Å². The van der Waals surface area contributed by atoms with Gasteiger partial charge in [-0.1, -0.05) is 12.1 Å². The van der Waals surface area contributed by atoms with Gasteiger partial charge in [0.05, 0.1) is 11.0 Å². The van der Waals surface area contributed by atoms with Gasteiger partial charge in [-0.05, 0) is 32.0 Å². The van der Waals surface area contributed by atoms with Gasteiger partial charge in [0.25, 0.3) is 0 Å². The molecule has 1 saturated heterocycles. The second kappa shape index (κ2) is 6.58. The molecule has 0 bridgehead atoms. The van der Waals surface area contributed by atoms with Crippen LogP contribution in [-0.4, -0.2) is 46.1 Å². The van der Waals surface area contributed by atoms with E-state index >= 15 is 0 Å². The number of piperidine rings is 1. The zero-order chi connectivity index (χ0) is 16.4. The molecule has 2 heterocycles. The third-order valence-electron chi connectivity index (χ3n) is 4.78. The molecule has 1 aromatic carbocycles. The highest BCUT2D eigenvalue weighted by atomic mass is 16.2. The normalized spacial score (nSPS) is 18.5. The number of para-hydroxylation sites is 2. The fraction of sp³-hybridized carbons (Fsp3) is 0.529. The molecule has 1 atom stereocenters. The maximum atomic E-state index is 12.5. The summed E-state index contributed by atoms with van der Waals surface area (Å²) in [7, 11) is 3.71. The topological polar surface area (TPSA) is 59.3 Å². The smallest absolute Gasteiger partial charge is 0.328 e. The van der Waals surface area contributed by atoms with Gasteiger partial charge in [-0.15, -0.1) is 0 Å². The van der Waals surface area contributed by atoms with Gasteiger partial charge in [-0.2, -0.15) is 0 Å². The molecular formula is C17H24N4O2. The lowest BCUT2D eigenvalue weighted by Crippen LogP contribution is -2.47. The van der Waals surface area contributed by atoms with Gasteiger partial charge in [-0.25, -0.2) is 4.79 Å². The van der Waals surface area contributed by atoms with E-state index in [1.165, 1.54) is 0 Å². The minimum Gasteiger partial charge on any atom is -0.341 e. The third-order valence-corrected chi connectivity index (χ3v) is 4.78. The summed E-state index contributed by atoms with van der Waals surface area (Å²) >= 11 is 0. The number of nitrogens with one attached hydrogen (secondary N) is 1. The lowest BCUT2D eigenvalue weighted by molar-refractivity contribution is -0.132. The van der Waals surface area contributed by atoms with Crippen molar-refractivity contribution in [2.75, 3.05) is 20.1 Å². The van der Waals surface area contributed by atoms with Crippen molar-refractivity contribution in [3.8, 4) is 0 Å². The molecule has 1 fully saturated rings. The molecule has 2 aromatic rings. The number of fused-ring (bicyclic) bond motifs is 1. The average Bonchev–Trinajstić information content (AvgIpc) is 2.84. The van der Waals surface area contributed by atoms with E-state index in [0.29, 0.717) is 19.0 Å². The van der Waals surface area contributed by atoms with E-state index in [4.69, 9.17) is 0 Å². The van der Waals surface area contributed by atoms with Crippen molar-refractivity contribution in [1.82, 2.24) is 19.4 Å². The summed E-state index contributed by atoms with van der Waals surface area (Å²) in [6.07, 6.45) is 2.51. The molecular weight excluding hydrogens is 292 g/mol. The Labute approximate surface area is 135 Å². The molecule has 6 heteroatoms. The lowest BCUT2D eigenvalue weighted by atomic mass is 10.1. The fourth-order valence-electron chi connectivity index (χ4n) is 3.38. The van der Waals surface area contributed by atoms with Crippen LogP contribution in [0.2, 0.25) is 0 Å². The number of aromatic nitrogens is 2. The van der Waals surface area contributed by atoms with E-state index in [1.807, 2.05) is 36.2 Å². The number of likely N-dealkylation sites (tertiary alicyclic amines) is 1. The lowest BCUT2D eigenvalue weighted by Gasteiger charge is -2.32. The predicted octanol–water partition coefficient (Wildman–Crippen LogP) is 0.940. The Kier molecular flexibility index (Phi) is 4.52. The maximum absolute atomic E-state index is 12.5. The number of imidazole rings is 1. The minimum absolute atomic E-state index is 0.0641. The van der Waals surface area contributed by atoms with Crippen LogP contribution in [0.3, 0.4) is 0 Å². The first kappa shape index (κ1) is 15.8. The predicted molar refractivity (Wildman–Crippen MR) is 90.5 cm³/mol. The number of aryl methyl sites for hydroxylation is 2. The van der Waals surface area contributed by atoms with Gasteiger partial charge in [0.1, 0.15) is 0 Å². The zero-order valence-electron chi connectivity index (χ0n) is 13.8. The Morgan fingerprint density at radius 3 is 2.78 bits per heavy atom. The van der Waals surface area contributed by atoms with Crippen molar-refractivity contribution in [1.29, 1.82) is 0 Å². The number of benzene rings is 1. The standard InChI is InChI=1S/C17H24N4O2/c1-18-13-6-5-10-20(12-13)16(22)9-11-21-15-8-4-3-7-14(15)19(2)17(21)23/h3-4,7-8,13,18H,5-6,9-12H2,1-2H3/t13-/m0/s1. The molecule has 1 aliphatic rings. The van der Waals surface area contributed by atoms with Crippen LogP contribution in [0, 0.1) is 0 Å². The molecule has 1 aromatic heterocycles. The summed E-state index contributed by atoms with van der Waals surface area (Å²) in [5.41, 5.74) is 1.73. The number of hydrogen-bond acceptors (Lipinski definition) is 3. The third kappa shape index (κ3) is 3.03. The molecule has 0 aliphatic carbocycles. The first-order chi connectivity index (χ1) is 11.1. The van der Waals surface area contributed by atoms with Crippen molar-refractivity contribution >= 4 is 16.9 Å². The van der Waals surface area contributed by atoms with E-state index in [9.17, 15) is 9.59 Å². The molecule has 3 rings (SSSR count). The average molecular weight is 316 g/mol. The number of rotatable bonds is 4. The van der Waals surface area contributed by atoms with Crippen LogP contribution in [0.15, 0.2) is 29.1 Å². The van der Waals surface area contributed by atoms with Crippen LogP contribution in [0.5, 0.6) is 0 Å². The quantitative estimate of drug-likeness (QED) is 0.913. The van der Waals surface area contributed by atoms with E-state index in [1.54, 1.807) is 16.2 Å². The summed E-state index contributed by atoms with van der Waals surface area (Å²) < 4.78 is 3.34. The van der Waals surface area contributed by atoms with Crippen molar-refractivity contribution in [3.05, 3.63) is 34.7 Å². The molecule has 1 amide bonds. The Balaban J connectivity index is 1.72. The van der Waals surface area contributed by atoms with Gasteiger partial charge >= 0.3 is 5.69 Å². The number of amides is 1. The van der Waals surface area contributed by atoms with Gasteiger partial charge in [-0.3, -0.25) is 13.9 Å². The summed E-state index contributed by atoms with van der Waals surface area (Å²) in [4.78, 5) is 26.7. The van der Waals surface area contributed by atoms with Crippen LogP contribution in [0.4, 0.5) is 0 Å². The summed E-state index contributed by atoms with van der Waals surface area (Å²) in [5, 5.41) is 3.25. The highest BCUT2D eigenvalue weighted by Gasteiger charge is 2.22. The number of carbonyl (C=O) groups is 1. The SMILES string of the molecule is CN[C@H]1CCCN(C(=O)CCn2c(=O)n(C)c3ccccc32)C1. The molecule has 23 heavy (non-hydrogen) atoms. The molecule has 0 unspecified atom stereocenters. The highest BCUT2D eigenvalue weighted by molar-refractivity contribution is 5.78. The maximum Gasteiger partial charge on any atom is 0.328 e. The van der Waals surface area contributed by atoms with Gasteiger partial charge < -0.3 is 10.2 Å². The second-order valence-corrected chi connectivity index (χ2v) is 6.20.